The maximum absolute atomic E-state index is 12.0. The number of Topliss-reactive ketones (excluding diaryl/α,β-unsaturated/α-hetero) is 1. The molecule has 0 atom stereocenters. The molecule has 1 rings (SSSR count). The van der Waals surface area contributed by atoms with Crippen LogP contribution in [0.15, 0.2) is 48.1 Å². The highest BCUT2D eigenvalue weighted by Gasteiger charge is 2.07. The molecule has 0 amide bonds. The van der Waals surface area contributed by atoms with Crippen LogP contribution in [0.3, 0.4) is 0 Å². The zero-order valence-corrected chi connectivity index (χ0v) is 10.6. The van der Waals surface area contributed by atoms with E-state index in [1.54, 1.807) is 12.1 Å². The third kappa shape index (κ3) is 3.91. The monoisotopic (exact) mass is 230 g/mol. The molecule has 0 bridgehead atoms. The van der Waals surface area contributed by atoms with E-state index in [9.17, 15) is 4.79 Å². The number of benzene rings is 1. The zero-order valence-electron chi connectivity index (χ0n) is 10.6. The van der Waals surface area contributed by atoms with Crippen LogP contribution >= 0.6 is 0 Å². The van der Waals surface area contributed by atoms with Crippen LogP contribution in [0.25, 0.3) is 0 Å². The second kappa shape index (κ2) is 6.69. The summed E-state index contributed by atoms with van der Waals surface area (Å²) in [7, 11) is 0. The van der Waals surface area contributed by atoms with Crippen molar-refractivity contribution in [1.29, 1.82) is 0 Å². The van der Waals surface area contributed by atoms with Gasteiger partial charge in [-0.25, -0.2) is 0 Å². The van der Waals surface area contributed by atoms with Crippen molar-refractivity contribution in [2.75, 3.05) is 6.61 Å². The topological polar surface area (TPSA) is 26.3 Å². The van der Waals surface area contributed by atoms with E-state index in [4.69, 9.17) is 4.74 Å². The molecule has 0 aliphatic carbocycles. The van der Waals surface area contributed by atoms with Crippen LogP contribution < -0.4 is 4.74 Å². The molecule has 0 radical (unpaired) electrons. The molecular weight excluding hydrogens is 212 g/mol. The van der Waals surface area contributed by atoms with Crippen LogP contribution in [0, 0.1) is 0 Å². The van der Waals surface area contributed by atoms with Gasteiger partial charge in [-0.05, 0) is 50.6 Å². The minimum absolute atomic E-state index is 0.0474. The van der Waals surface area contributed by atoms with E-state index in [-0.39, 0.29) is 5.78 Å². The Morgan fingerprint density at radius 1 is 1.29 bits per heavy atom. The molecule has 0 N–H and O–H groups in total. The number of carbonyl (C=O) groups is 1. The van der Waals surface area contributed by atoms with Gasteiger partial charge in [0, 0.05) is 5.56 Å². The Bertz CT molecular complexity index is 425. The summed E-state index contributed by atoms with van der Waals surface area (Å²) in [5.74, 6) is 0.838. The fraction of sp³-hybridized carbons (Fsp3) is 0.267. The summed E-state index contributed by atoms with van der Waals surface area (Å²) in [4.78, 5) is 12.0. The van der Waals surface area contributed by atoms with Gasteiger partial charge in [0.1, 0.15) is 5.75 Å². The van der Waals surface area contributed by atoms with Gasteiger partial charge >= 0.3 is 0 Å². The number of ether oxygens (including phenoxy) is 1. The molecule has 0 heterocycles. The molecule has 0 saturated heterocycles. The van der Waals surface area contributed by atoms with Crippen molar-refractivity contribution in [3.8, 4) is 5.75 Å². The predicted octanol–water partition coefficient (Wildman–Crippen LogP) is 3.79. The quantitative estimate of drug-likeness (QED) is 0.437. The molecule has 2 heteroatoms. The Labute approximate surface area is 103 Å². The number of hydrogen-bond acceptors (Lipinski definition) is 2. The predicted molar refractivity (Wildman–Crippen MR) is 70.5 cm³/mol. The molecular formula is C15H18O2. The number of carbonyl (C=O) groups excluding carboxylic acids is 1. The highest BCUT2D eigenvalue weighted by atomic mass is 16.5. The lowest BCUT2D eigenvalue weighted by Gasteiger charge is -2.04. The summed E-state index contributed by atoms with van der Waals surface area (Å²) in [5.41, 5.74) is 1.42. The number of ketones is 1. The van der Waals surface area contributed by atoms with E-state index in [1.807, 2.05) is 51.1 Å². The van der Waals surface area contributed by atoms with Crippen LogP contribution in [-0.2, 0) is 0 Å². The maximum atomic E-state index is 12.0. The lowest BCUT2D eigenvalue weighted by Crippen LogP contribution is -2.00. The van der Waals surface area contributed by atoms with E-state index in [0.717, 1.165) is 11.3 Å². The van der Waals surface area contributed by atoms with Crippen molar-refractivity contribution in [2.24, 2.45) is 0 Å². The minimum Gasteiger partial charge on any atom is -0.494 e. The first kappa shape index (κ1) is 13.2. The van der Waals surface area contributed by atoms with Crippen molar-refractivity contribution < 1.29 is 9.53 Å². The largest absolute Gasteiger partial charge is 0.494 e. The van der Waals surface area contributed by atoms with E-state index in [0.29, 0.717) is 12.2 Å². The molecule has 17 heavy (non-hydrogen) atoms. The average Bonchev–Trinajstić information content (AvgIpc) is 2.36. The highest BCUT2D eigenvalue weighted by molar-refractivity contribution is 6.08. The summed E-state index contributed by atoms with van der Waals surface area (Å²) in [5, 5.41) is 0. The van der Waals surface area contributed by atoms with Gasteiger partial charge in [0.05, 0.1) is 6.61 Å². The Kier molecular flexibility index (Phi) is 5.21. The van der Waals surface area contributed by atoms with Crippen molar-refractivity contribution in [3.63, 3.8) is 0 Å². The number of rotatable bonds is 5. The SMILES string of the molecule is C/C=C\C=C(/C)C(=O)c1ccc(OCC)cc1. The van der Waals surface area contributed by atoms with Crippen LogP contribution in [0.2, 0.25) is 0 Å². The van der Waals surface area contributed by atoms with E-state index in [1.165, 1.54) is 0 Å². The Hall–Kier alpha value is -1.83. The molecule has 0 unspecified atom stereocenters. The molecule has 2 nitrogen and oxygen atoms in total. The fourth-order valence-electron chi connectivity index (χ4n) is 1.41. The van der Waals surface area contributed by atoms with Gasteiger partial charge in [-0.15, -0.1) is 0 Å². The Morgan fingerprint density at radius 2 is 1.94 bits per heavy atom. The fourth-order valence-corrected chi connectivity index (χ4v) is 1.41. The molecule has 90 valence electrons. The summed E-state index contributed by atoms with van der Waals surface area (Å²) < 4.78 is 5.33. The molecule has 0 fully saturated rings. The minimum atomic E-state index is 0.0474. The van der Waals surface area contributed by atoms with Crippen molar-refractivity contribution >= 4 is 5.78 Å². The first-order chi connectivity index (χ1) is 8.19. The molecule has 0 spiro atoms. The summed E-state index contributed by atoms with van der Waals surface area (Å²) in [6.45, 7) is 6.31. The molecule has 1 aromatic carbocycles. The lowest BCUT2D eigenvalue weighted by atomic mass is 10.0. The van der Waals surface area contributed by atoms with Crippen LogP contribution in [0.1, 0.15) is 31.1 Å². The third-order valence-corrected chi connectivity index (χ3v) is 2.32. The van der Waals surface area contributed by atoms with Gasteiger partial charge in [-0.2, -0.15) is 0 Å². The second-order valence-electron chi connectivity index (χ2n) is 3.66. The standard InChI is InChI=1S/C15H18O2/c1-4-6-7-12(3)15(16)13-8-10-14(11-9-13)17-5-2/h4,6-11H,5H2,1-3H3/b6-4-,12-7+. The Balaban J connectivity index is 2.82. The van der Waals surface area contributed by atoms with Gasteiger partial charge in [0.15, 0.2) is 5.78 Å². The molecule has 0 aromatic heterocycles. The van der Waals surface area contributed by atoms with Gasteiger partial charge in [0.25, 0.3) is 0 Å². The second-order valence-corrected chi connectivity index (χ2v) is 3.66. The van der Waals surface area contributed by atoms with Crippen molar-refractivity contribution in [3.05, 3.63) is 53.6 Å². The highest BCUT2D eigenvalue weighted by Crippen LogP contribution is 2.15. The molecule has 0 aliphatic rings. The first-order valence-corrected chi connectivity index (χ1v) is 5.76. The smallest absolute Gasteiger partial charge is 0.188 e. The first-order valence-electron chi connectivity index (χ1n) is 5.76. The normalized spacial score (nSPS) is 11.8. The number of allylic oxidation sites excluding steroid dienone is 4. The van der Waals surface area contributed by atoms with Crippen LogP contribution in [0.4, 0.5) is 0 Å². The maximum Gasteiger partial charge on any atom is 0.188 e. The Morgan fingerprint density at radius 3 is 2.47 bits per heavy atom. The van der Waals surface area contributed by atoms with Crippen LogP contribution in [0.5, 0.6) is 5.75 Å². The van der Waals surface area contributed by atoms with Gasteiger partial charge in [0.2, 0.25) is 0 Å². The van der Waals surface area contributed by atoms with Gasteiger partial charge in [-0.1, -0.05) is 18.2 Å². The van der Waals surface area contributed by atoms with Crippen LogP contribution in [-0.4, -0.2) is 12.4 Å². The van der Waals surface area contributed by atoms with Crippen molar-refractivity contribution in [1.82, 2.24) is 0 Å². The summed E-state index contributed by atoms with van der Waals surface area (Å²) >= 11 is 0. The van der Waals surface area contributed by atoms with E-state index in [2.05, 4.69) is 0 Å². The molecule has 0 saturated carbocycles. The summed E-state index contributed by atoms with van der Waals surface area (Å²) in [6.07, 6.45) is 5.58. The van der Waals surface area contributed by atoms with E-state index >= 15 is 0 Å². The third-order valence-electron chi connectivity index (χ3n) is 2.32. The number of hydrogen-bond donors (Lipinski definition) is 0. The average molecular weight is 230 g/mol. The van der Waals surface area contributed by atoms with Gasteiger partial charge < -0.3 is 4.74 Å². The molecule has 0 aliphatic heterocycles. The molecule has 1 aromatic rings. The van der Waals surface area contributed by atoms with E-state index < -0.39 is 0 Å². The summed E-state index contributed by atoms with van der Waals surface area (Å²) in [6, 6.07) is 7.22. The lowest BCUT2D eigenvalue weighted by molar-refractivity contribution is 0.103. The zero-order chi connectivity index (χ0) is 12.7. The van der Waals surface area contributed by atoms with Crippen molar-refractivity contribution in [2.45, 2.75) is 20.8 Å². The van der Waals surface area contributed by atoms with Gasteiger partial charge in [-0.3, -0.25) is 4.79 Å².